The number of phenols is 2. The summed E-state index contributed by atoms with van der Waals surface area (Å²) >= 11 is 0. The van der Waals surface area contributed by atoms with Gasteiger partial charge in [-0.1, -0.05) is 24.3 Å². The third kappa shape index (κ3) is 3.56. The first-order valence-electron chi connectivity index (χ1n) is 7.34. The Balaban J connectivity index is 1.68. The van der Waals surface area contributed by atoms with Gasteiger partial charge in [0.15, 0.2) is 0 Å². The van der Waals surface area contributed by atoms with Crippen molar-refractivity contribution in [2.75, 3.05) is 13.2 Å². The minimum Gasteiger partial charge on any atom is -0.508 e. The Morgan fingerprint density at radius 2 is 1.29 bits per heavy atom. The van der Waals surface area contributed by atoms with Gasteiger partial charge < -0.3 is 14.9 Å². The van der Waals surface area contributed by atoms with Gasteiger partial charge in [-0.3, -0.25) is 0 Å². The minimum atomic E-state index is 0.316. The molecule has 2 atom stereocenters. The zero-order valence-electron chi connectivity index (χ0n) is 11.9. The molecule has 0 amide bonds. The molecule has 0 saturated carbocycles. The molecule has 1 fully saturated rings. The summed E-state index contributed by atoms with van der Waals surface area (Å²) in [5.74, 6) is 1.54. The van der Waals surface area contributed by atoms with Gasteiger partial charge in [-0.15, -0.1) is 0 Å². The smallest absolute Gasteiger partial charge is 0.115 e. The molecular weight excluding hydrogens is 264 g/mol. The van der Waals surface area contributed by atoms with Crippen molar-refractivity contribution < 1.29 is 14.9 Å². The van der Waals surface area contributed by atoms with Crippen LogP contribution < -0.4 is 0 Å². The number of benzene rings is 2. The van der Waals surface area contributed by atoms with Crippen molar-refractivity contribution in [3.63, 3.8) is 0 Å². The minimum absolute atomic E-state index is 0.316. The molecule has 2 unspecified atom stereocenters. The topological polar surface area (TPSA) is 49.7 Å². The Labute approximate surface area is 124 Å². The van der Waals surface area contributed by atoms with Gasteiger partial charge in [-0.2, -0.15) is 0 Å². The third-order valence-electron chi connectivity index (χ3n) is 4.15. The first-order valence-corrected chi connectivity index (χ1v) is 7.34. The quantitative estimate of drug-likeness (QED) is 0.906. The van der Waals surface area contributed by atoms with Crippen LogP contribution in [0, 0.1) is 11.8 Å². The van der Waals surface area contributed by atoms with Gasteiger partial charge in [-0.05, 0) is 60.1 Å². The van der Waals surface area contributed by atoms with E-state index in [0.29, 0.717) is 23.3 Å². The van der Waals surface area contributed by atoms with Crippen LogP contribution in [0.15, 0.2) is 48.5 Å². The number of hydrogen-bond acceptors (Lipinski definition) is 3. The SMILES string of the molecule is Oc1cccc(CC2COCC2Cc2cccc(O)c2)c1. The van der Waals surface area contributed by atoms with E-state index in [2.05, 4.69) is 0 Å². The molecule has 110 valence electrons. The van der Waals surface area contributed by atoms with Crippen LogP contribution >= 0.6 is 0 Å². The van der Waals surface area contributed by atoms with Gasteiger partial charge in [0.2, 0.25) is 0 Å². The molecule has 2 aromatic rings. The lowest BCUT2D eigenvalue weighted by atomic mass is 9.85. The summed E-state index contributed by atoms with van der Waals surface area (Å²) in [5, 5.41) is 19.1. The predicted octanol–water partition coefficient (Wildman–Crippen LogP) is 3.15. The number of hydrogen-bond donors (Lipinski definition) is 2. The van der Waals surface area contributed by atoms with E-state index in [0.717, 1.165) is 37.2 Å². The summed E-state index contributed by atoms with van der Waals surface area (Å²) in [5.41, 5.74) is 2.29. The second kappa shape index (κ2) is 6.19. The molecule has 1 heterocycles. The average Bonchev–Trinajstić information content (AvgIpc) is 2.86. The van der Waals surface area contributed by atoms with Crippen LogP contribution in [0.3, 0.4) is 0 Å². The molecule has 0 aliphatic carbocycles. The van der Waals surface area contributed by atoms with Crippen LogP contribution in [0.1, 0.15) is 11.1 Å². The van der Waals surface area contributed by atoms with Gasteiger partial charge >= 0.3 is 0 Å². The normalized spacial score (nSPS) is 21.5. The summed E-state index contributed by atoms with van der Waals surface area (Å²) in [6, 6.07) is 14.9. The largest absolute Gasteiger partial charge is 0.508 e. The van der Waals surface area contributed by atoms with E-state index in [1.807, 2.05) is 36.4 Å². The second-order valence-electron chi connectivity index (χ2n) is 5.81. The van der Waals surface area contributed by atoms with Crippen molar-refractivity contribution in [3.8, 4) is 11.5 Å². The Kier molecular flexibility index (Phi) is 4.11. The van der Waals surface area contributed by atoms with Crippen LogP contribution in [0.5, 0.6) is 11.5 Å². The van der Waals surface area contributed by atoms with Crippen molar-refractivity contribution in [1.29, 1.82) is 0 Å². The lowest BCUT2D eigenvalue weighted by Crippen LogP contribution is -2.17. The molecule has 2 N–H and O–H groups in total. The van der Waals surface area contributed by atoms with Crippen LogP contribution in [-0.4, -0.2) is 23.4 Å². The van der Waals surface area contributed by atoms with Crippen LogP contribution in [0.2, 0.25) is 0 Å². The van der Waals surface area contributed by atoms with E-state index in [1.54, 1.807) is 12.1 Å². The summed E-state index contributed by atoms with van der Waals surface area (Å²) in [7, 11) is 0. The molecule has 0 aromatic heterocycles. The zero-order chi connectivity index (χ0) is 14.7. The highest BCUT2D eigenvalue weighted by Crippen LogP contribution is 2.29. The first-order chi connectivity index (χ1) is 10.2. The van der Waals surface area contributed by atoms with E-state index in [9.17, 15) is 10.2 Å². The van der Waals surface area contributed by atoms with E-state index < -0.39 is 0 Å². The summed E-state index contributed by atoms with van der Waals surface area (Å²) in [6.07, 6.45) is 1.83. The van der Waals surface area contributed by atoms with Gasteiger partial charge in [0.05, 0.1) is 13.2 Å². The first kappa shape index (κ1) is 14.0. The molecule has 0 radical (unpaired) electrons. The number of rotatable bonds is 4. The van der Waals surface area contributed by atoms with Crippen molar-refractivity contribution >= 4 is 0 Å². The Morgan fingerprint density at radius 1 is 0.810 bits per heavy atom. The van der Waals surface area contributed by atoms with Gasteiger partial charge in [0.1, 0.15) is 11.5 Å². The highest BCUT2D eigenvalue weighted by atomic mass is 16.5. The molecule has 3 heteroatoms. The fraction of sp³-hybridized carbons (Fsp3) is 0.333. The highest BCUT2D eigenvalue weighted by molar-refractivity contribution is 5.29. The summed E-state index contributed by atoms with van der Waals surface area (Å²) in [6.45, 7) is 1.53. The lowest BCUT2D eigenvalue weighted by molar-refractivity contribution is 0.180. The third-order valence-corrected chi connectivity index (χ3v) is 4.15. The predicted molar refractivity (Wildman–Crippen MR) is 81.4 cm³/mol. The summed E-state index contributed by atoms with van der Waals surface area (Å²) in [4.78, 5) is 0. The molecule has 1 aliphatic rings. The van der Waals surface area contributed by atoms with E-state index in [1.165, 1.54) is 0 Å². The van der Waals surface area contributed by atoms with Crippen LogP contribution in [0.25, 0.3) is 0 Å². The number of phenolic OH excluding ortho intramolecular Hbond substituents is 2. The molecule has 2 aromatic carbocycles. The van der Waals surface area contributed by atoms with Crippen molar-refractivity contribution in [3.05, 3.63) is 59.7 Å². The van der Waals surface area contributed by atoms with Gasteiger partial charge in [0.25, 0.3) is 0 Å². The maximum absolute atomic E-state index is 9.56. The molecular formula is C18H20O3. The molecule has 21 heavy (non-hydrogen) atoms. The monoisotopic (exact) mass is 284 g/mol. The maximum Gasteiger partial charge on any atom is 0.115 e. The van der Waals surface area contributed by atoms with Crippen molar-refractivity contribution in [2.24, 2.45) is 11.8 Å². The van der Waals surface area contributed by atoms with Gasteiger partial charge in [0, 0.05) is 0 Å². The molecule has 3 rings (SSSR count). The zero-order valence-corrected chi connectivity index (χ0v) is 11.9. The van der Waals surface area contributed by atoms with Crippen LogP contribution in [0.4, 0.5) is 0 Å². The number of aromatic hydroxyl groups is 2. The summed E-state index contributed by atoms with van der Waals surface area (Å²) < 4.78 is 5.65. The Hall–Kier alpha value is -2.00. The fourth-order valence-electron chi connectivity index (χ4n) is 3.07. The Bertz CT molecular complexity index is 555. The highest BCUT2D eigenvalue weighted by Gasteiger charge is 2.28. The van der Waals surface area contributed by atoms with Crippen LogP contribution in [-0.2, 0) is 17.6 Å². The molecule has 1 aliphatic heterocycles. The average molecular weight is 284 g/mol. The van der Waals surface area contributed by atoms with Crippen molar-refractivity contribution in [1.82, 2.24) is 0 Å². The number of ether oxygens (including phenoxy) is 1. The second-order valence-corrected chi connectivity index (χ2v) is 5.81. The maximum atomic E-state index is 9.56. The van der Waals surface area contributed by atoms with Gasteiger partial charge in [-0.25, -0.2) is 0 Å². The van der Waals surface area contributed by atoms with E-state index in [-0.39, 0.29) is 0 Å². The molecule has 0 spiro atoms. The molecule has 0 bridgehead atoms. The van der Waals surface area contributed by atoms with E-state index >= 15 is 0 Å². The fourth-order valence-corrected chi connectivity index (χ4v) is 3.07. The standard InChI is InChI=1S/C18H20O3/c19-17-5-1-3-13(9-17)7-15-11-21-12-16(15)8-14-4-2-6-18(20)10-14/h1-6,9-10,15-16,19-20H,7-8,11-12H2. The Morgan fingerprint density at radius 3 is 1.71 bits per heavy atom. The molecule has 3 nitrogen and oxygen atoms in total. The van der Waals surface area contributed by atoms with Crippen molar-refractivity contribution in [2.45, 2.75) is 12.8 Å². The van der Waals surface area contributed by atoms with E-state index in [4.69, 9.17) is 4.74 Å². The molecule has 1 saturated heterocycles. The lowest BCUT2D eigenvalue weighted by Gasteiger charge is -2.18.